The second kappa shape index (κ2) is 7.72. The van der Waals surface area contributed by atoms with Gasteiger partial charge in [-0.3, -0.25) is 0 Å². The van der Waals surface area contributed by atoms with Crippen molar-refractivity contribution in [3.8, 4) is 0 Å². The molecule has 0 radical (unpaired) electrons. The molecular formula is C15H16N4O3. The lowest BCUT2D eigenvalue weighted by molar-refractivity contribution is 0.0526. The van der Waals surface area contributed by atoms with Crippen molar-refractivity contribution in [1.82, 2.24) is 15.5 Å². The summed E-state index contributed by atoms with van der Waals surface area (Å²) in [5, 5.41) is 12.7. The molecule has 2 N–H and O–H groups in total. The van der Waals surface area contributed by atoms with Crippen molar-refractivity contribution < 1.29 is 14.3 Å². The van der Waals surface area contributed by atoms with E-state index in [1.165, 1.54) is 0 Å². The summed E-state index contributed by atoms with van der Waals surface area (Å²) in [6, 6.07) is 7.89. The Kier molecular flexibility index (Phi) is 5.42. The van der Waals surface area contributed by atoms with E-state index in [4.69, 9.17) is 4.74 Å². The molecule has 0 bridgehead atoms. The molecule has 0 saturated heterocycles. The Morgan fingerprint density at radius 3 is 2.55 bits per heavy atom. The van der Waals surface area contributed by atoms with E-state index in [0.29, 0.717) is 24.4 Å². The first-order valence-electron chi connectivity index (χ1n) is 6.76. The number of esters is 1. The van der Waals surface area contributed by atoms with E-state index in [0.717, 1.165) is 5.56 Å². The van der Waals surface area contributed by atoms with Gasteiger partial charge in [-0.15, -0.1) is 0 Å². The quantitative estimate of drug-likeness (QED) is 0.823. The maximum absolute atomic E-state index is 11.8. The molecule has 0 aliphatic rings. The molecular weight excluding hydrogens is 284 g/mol. The van der Waals surface area contributed by atoms with Gasteiger partial charge in [-0.25, -0.2) is 9.59 Å². The zero-order valence-electron chi connectivity index (χ0n) is 12.1. The van der Waals surface area contributed by atoms with Gasteiger partial charge in [0.05, 0.1) is 18.4 Å². The number of amides is 2. The number of nitrogens with one attached hydrogen (secondary N) is 2. The van der Waals surface area contributed by atoms with E-state index in [9.17, 15) is 9.59 Å². The minimum Gasteiger partial charge on any atom is -0.462 e. The van der Waals surface area contributed by atoms with E-state index >= 15 is 0 Å². The number of aromatic nitrogens is 2. The normalized spacial score (nSPS) is 9.86. The minimum atomic E-state index is -0.385. The van der Waals surface area contributed by atoms with E-state index in [2.05, 4.69) is 20.8 Å². The predicted molar refractivity (Wildman–Crippen MR) is 80.3 cm³/mol. The van der Waals surface area contributed by atoms with Gasteiger partial charge >= 0.3 is 12.0 Å². The third kappa shape index (κ3) is 4.55. The van der Waals surface area contributed by atoms with Gasteiger partial charge in [-0.05, 0) is 42.8 Å². The van der Waals surface area contributed by atoms with Crippen molar-refractivity contribution in [1.29, 1.82) is 0 Å². The first-order chi connectivity index (χ1) is 10.7. The van der Waals surface area contributed by atoms with Crippen LogP contribution in [0.15, 0.2) is 42.7 Å². The fourth-order valence-corrected chi connectivity index (χ4v) is 1.68. The first kappa shape index (κ1) is 15.4. The zero-order chi connectivity index (χ0) is 15.8. The van der Waals surface area contributed by atoms with Crippen LogP contribution in [0.4, 0.5) is 10.5 Å². The van der Waals surface area contributed by atoms with Crippen molar-refractivity contribution in [3.05, 3.63) is 53.9 Å². The Balaban J connectivity index is 1.85. The van der Waals surface area contributed by atoms with E-state index in [1.54, 1.807) is 49.6 Å². The van der Waals surface area contributed by atoms with Crippen LogP contribution in [-0.4, -0.2) is 28.8 Å². The number of benzene rings is 1. The average molecular weight is 300 g/mol. The Morgan fingerprint density at radius 2 is 1.91 bits per heavy atom. The highest BCUT2D eigenvalue weighted by Crippen LogP contribution is 2.10. The highest BCUT2D eigenvalue weighted by atomic mass is 16.5. The molecule has 2 aromatic rings. The Morgan fingerprint density at radius 1 is 1.14 bits per heavy atom. The molecule has 0 spiro atoms. The van der Waals surface area contributed by atoms with E-state index in [-0.39, 0.29) is 12.0 Å². The van der Waals surface area contributed by atoms with Crippen LogP contribution in [0.3, 0.4) is 0 Å². The van der Waals surface area contributed by atoms with Gasteiger partial charge in [-0.1, -0.05) is 0 Å². The summed E-state index contributed by atoms with van der Waals surface area (Å²) >= 11 is 0. The van der Waals surface area contributed by atoms with Crippen LogP contribution in [0, 0.1) is 0 Å². The number of urea groups is 1. The molecule has 2 rings (SSSR count). The second-order valence-corrected chi connectivity index (χ2v) is 4.36. The Bertz CT molecular complexity index is 629. The molecule has 1 aromatic heterocycles. The van der Waals surface area contributed by atoms with Crippen LogP contribution < -0.4 is 10.6 Å². The van der Waals surface area contributed by atoms with Gasteiger partial charge in [0.15, 0.2) is 0 Å². The molecule has 114 valence electrons. The molecule has 0 fully saturated rings. The van der Waals surface area contributed by atoms with Gasteiger partial charge in [0.2, 0.25) is 0 Å². The predicted octanol–water partition coefficient (Wildman–Crippen LogP) is 1.97. The molecule has 0 atom stereocenters. The molecule has 22 heavy (non-hydrogen) atoms. The van der Waals surface area contributed by atoms with Crippen molar-refractivity contribution >= 4 is 17.7 Å². The van der Waals surface area contributed by atoms with E-state index < -0.39 is 0 Å². The zero-order valence-corrected chi connectivity index (χ0v) is 12.1. The summed E-state index contributed by atoms with van der Waals surface area (Å²) in [7, 11) is 0. The summed E-state index contributed by atoms with van der Waals surface area (Å²) < 4.78 is 4.89. The molecule has 0 aliphatic heterocycles. The largest absolute Gasteiger partial charge is 0.462 e. The third-order valence-corrected chi connectivity index (χ3v) is 2.75. The average Bonchev–Trinajstić information content (AvgIpc) is 2.55. The minimum absolute atomic E-state index is 0.325. The van der Waals surface area contributed by atoms with Gasteiger partial charge in [0.1, 0.15) is 0 Å². The number of rotatable bonds is 5. The topological polar surface area (TPSA) is 93.2 Å². The van der Waals surface area contributed by atoms with Gasteiger partial charge < -0.3 is 15.4 Å². The second-order valence-electron chi connectivity index (χ2n) is 4.36. The molecule has 0 unspecified atom stereocenters. The summed E-state index contributed by atoms with van der Waals surface area (Å²) in [4.78, 5) is 23.3. The maximum Gasteiger partial charge on any atom is 0.338 e. The maximum atomic E-state index is 11.8. The number of ether oxygens (including phenoxy) is 1. The van der Waals surface area contributed by atoms with Crippen molar-refractivity contribution in [2.24, 2.45) is 0 Å². The summed E-state index contributed by atoms with van der Waals surface area (Å²) in [5.74, 6) is -0.385. The molecule has 7 nitrogen and oxygen atoms in total. The number of nitrogens with zero attached hydrogens (tertiary/aromatic N) is 2. The SMILES string of the molecule is CCOC(=O)c1ccc(NC(=O)NCc2ccnnc2)cc1. The van der Waals surface area contributed by atoms with Crippen LogP contribution in [0.1, 0.15) is 22.8 Å². The van der Waals surface area contributed by atoms with Crippen LogP contribution in [0.5, 0.6) is 0 Å². The summed E-state index contributed by atoms with van der Waals surface area (Å²) in [5.41, 5.74) is 1.87. The number of hydrogen-bond acceptors (Lipinski definition) is 5. The summed E-state index contributed by atoms with van der Waals surface area (Å²) in [6.07, 6.45) is 3.14. The molecule has 2 amide bonds. The molecule has 1 heterocycles. The molecule has 7 heteroatoms. The van der Waals surface area contributed by atoms with Crippen molar-refractivity contribution in [3.63, 3.8) is 0 Å². The van der Waals surface area contributed by atoms with Crippen LogP contribution >= 0.6 is 0 Å². The first-order valence-corrected chi connectivity index (χ1v) is 6.76. The Hall–Kier alpha value is -2.96. The lowest BCUT2D eigenvalue weighted by Gasteiger charge is -2.08. The number of carbonyl (C=O) groups excluding carboxylic acids is 2. The van der Waals surface area contributed by atoms with Crippen LogP contribution in [-0.2, 0) is 11.3 Å². The van der Waals surface area contributed by atoms with E-state index in [1.807, 2.05) is 0 Å². The molecule has 0 saturated carbocycles. The van der Waals surface area contributed by atoms with Gasteiger partial charge in [-0.2, -0.15) is 10.2 Å². The lowest BCUT2D eigenvalue weighted by atomic mass is 10.2. The van der Waals surface area contributed by atoms with Crippen molar-refractivity contribution in [2.45, 2.75) is 13.5 Å². The van der Waals surface area contributed by atoms with Crippen molar-refractivity contribution in [2.75, 3.05) is 11.9 Å². The van der Waals surface area contributed by atoms with Gasteiger partial charge in [0.25, 0.3) is 0 Å². The standard InChI is InChI=1S/C15H16N4O3/c1-2-22-14(20)12-3-5-13(6-4-12)19-15(21)16-9-11-7-8-17-18-10-11/h3-8,10H,2,9H2,1H3,(H2,16,19,21). The van der Waals surface area contributed by atoms with Gasteiger partial charge in [0, 0.05) is 18.4 Å². The third-order valence-electron chi connectivity index (χ3n) is 2.75. The monoisotopic (exact) mass is 300 g/mol. The molecule has 1 aromatic carbocycles. The highest BCUT2D eigenvalue weighted by Gasteiger charge is 2.07. The lowest BCUT2D eigenvalue weighted by Crippen LogP contribution is -2.28. The summed E-state index contributed by atoms with van der Waals surface area (Å²) in [6.45, 7) is 2.42. The number of carbonyl (C=O) groups is 2. The molecule has 0 aliphatic carbocycles. The number of hydrogen-bond donors (Lipinski definition) is 2. The van der Waals surface area contributed by atoms with Crippen LogP contribution in [0.2, 0.25) is 0 Å². The fourth-order valence-electron chi connectivity index (χ4n) is 1.68. The Labute approximate surface area is 127 Å². The fraction of sp³-hybridized carbons (Fsp3) is 0.200. The van der Waals surface area contributed by atoms with Crippen LogP contribution in [0.25, 0.3) is 0 Å². The smallest absolute Gasteiger partial charge is 0.338 e. The highest BCUT2D eigenvalue weighted by molar-refractivity contribution is 5.92. The number of anilines is 1.